The quantitative estimate of drug-likeness (QED) is 0.169. The van der Waals surface area contributed by atoms with Gasteiger partial charge in [0.25, 0.3) is 5.72 Å². The maximum Gasteiger partial charge on any atom is 0.510 e. The van der Waals surface area contributed by atoms with Crippen LogP contribution in [0.2, 0.25) is 0 Å². The van der Waals surface area contributed by atoms with Gasteiger partial charge in [-0.3, -0.25) is 14.9 Å². The summed E-state index contributed by atoms with van der Waals surface area (Å²) in [6.45, 7) is 19.6. The molecule has 0 radical (unpaired) electrons. The van der Waals surface area contributed by atoms with E-state index in [2.05, 4.69) is 5.32 Å². The van der Waals surface area contributed by atoms with Crippen molar-refractivity contribution in [1.29, 1.82) is 0 Å². The fourth-order valence-corrected chi connectivity index (χ4v) is 3.09. The van der Waals surface area contributed by atoms with Crippen LogP contribution >= 0.6 is 0 Å². The Labute approximate surface area is 238 Å². The summed E-state index contributed by atoms with van der Waals surface area (Å²) in [5.74, 6) is -2.55. The second kappa shape index (κ2) is 13.5. The normalized spacial score (nSPS) is 13.8. The van der Waals surface area contributed by atoms with Gasteiger partial charge in [0, 0.05) is 12.5 Å². The van der Waals surface area contributed by atoms with Crippen LogP contribution in [0.5, 0.6) is 11.5 Å². The van der Waals surface area contributed by atoms with Crippen molar-refractivity contribution in [2.24, 2.45) is 16.2 Å². The number of hydrogen-bond donors (Lipinski definition) is 2. The van der Waals surface area contributed by atoms with Crippen LogP contribution in [0.1, 0.15) is 94.6 Å². The average Bonchev–Trinajstić information content (AvgIpc) is 2.83. The zero-order valence-corrected chi connectivity index (χ0v) is 25.9. The Morgan fingerprint density at radius 3 is 1.77 bits per heavy atom. The van der Waals surface area contributed by atoms with Crippen molar-refractivity contribution in [2.45, 2.75) is 107 Å². The van der Waals surface area contributed by atoms with Crippen LogP contribution in [0.4, 0.5) is 4.79 Å². The van der Waals surface area contributed by atoms with Crippen molar-refractivity contribution in [1.82, 2.24) is 5.32 Å². The van der Waals surface area contributed by atoms with E-state index in [-0.39, 0.29) is 29.9 Å². The molecule has 0 spiro atoms. The van der Waals surface area contributed by atoms with Crippen LogP contribution in [0.15, 0.2) is 18.2 Å². The molecule has 0 unspecified atom stereocenters. The minimum absolute atomic E-state index is 0.0128. The number of nitrogens with one attached hydrogen (secondary N) is 1. The van der Waals surface area contributed by atoms with Crippen molar-refractivity contribution < 1.29 is 43.2 Å². The first-order valence-corrected chi connectivity index (χ1v) is 13.6. The Morgan fingerprint density at radius 1 is 0.850 bits per heavy atom. The molecule has 1 atom stereocenters. The summed E-state index contributed by atoms with van der Waals surface area (Å²) >= 11 is 0. The molecule has 1 aromatic rings. The highest BCUT2D eigenvalue weighted by atomic mass is 16.7. The fourth-order valence-electron chi connectivity index (χ4n) is 3.09. The third-order valence-corrected chi connectivity index (χ3v) is 6.49. The molecule has 0 aliphatic carbocycles. The lowest BCUT2D eigenvalue weighted by molar-refractivity contribution is -0.167. The van der Waals surface area contributed by atoms with Gasteiger partial charge in [-0.25, -0.2) is 9.59 Å². The number of carboxylic acid groups (broad SMARTS) is 1. The summed E-state index contributed by atoms with van der Waals surface area (Å²) in [5.41, 5.74) is -3.84. The molecule has 226 valence electrons. The van der Waals surface area contributed by atoms with E-state index in [4.69, 9.17) is 18.9 Å². The Kier molecular flexibility index (Phi) is 11.8. The highest BCUT2D eigenvalue weighted by Gasteiger charge is 2.45. The summed E-state index contributed by atoms with van der Waals surface area (Å²) < 4.78 is 21.9. The molecule has 2 N–H and O–H groups in total. The number of esters is 2. The van der Waals surface area contributed by atoms with Crippen molar-refractivity contribution in [3.8, 4) is 11.5 Å². The lowest BCUT2D eigenvalue weighted by atomic mass is 9.90. The molecule has 1 rings (SSSR count). The van der Waals surface area contributed by atoms with Gasteiger partial charge in [-0.1, -0.05) is 40.7 Å². The summed E-state index contributed by atoms with van der Waals surface area (Å²) in [4.78, 5) is 50.9. The van der Waals surface area contributed by atoms with Gasteiger partial charge in [-0.05, 0) is 77.5 Å². The Bertz CT molecular complexity index is 1070. The third kappa shape index (κ3) is 10.1. The van der Waals surface area contributed by atoms with Crippen molar-refractivity contribution >= 4 is 24.1 Å². The molecule has 1 aromatic carbocycles. The van der Waals surface area contributed by atoms with Crippen LogP contribution in [0, 0.1) is 16.2 Å². The smallest absolute Gasteiger partial charge is 0.477 e. The van der Waals surface area contributed by atoms with Gasteiger partial charge in [0.1, 0.15) is 0 Å². The Hall–Kier alpha value is -3.14. The summed E-state index contributed by atoms with van der Waals surface area (Å²) in [7, 11) is 0. The van der Waals surface area contributed by atoms with E-state index in [0.717, 1.165) is 0 Å². The molecule has 0 fully saturated rings. The standard InChI is InChI=1S/C30H47NO9/c1-12-28(8,9)24(34)38-21-15-14-20(16-22(21)39-25(35)29(10,11)13-2)17-30(23(32)33,31-19(3)4)40-26(36)37-18-27(5,6)7/h14-16,19,31H,12-13,17-18H2,1-11H3,(H,32,33)/t30-/m0/s1. The molecule has 0 aliphatic rings. The minimum Gasteiger partial charge on any atom is -0.477 e. The van der Waals surface area contributed by atoms with E-state index in [1.807, 2.05) is 34.6 Å². The Morgan fingerprint density at radius 2 is 1.35 bits per heavy atom. The molecule has 0 saturated carbocycles. The molecule has 0 saturated heterocycles. The molecule has 10 nitrogen and oxygen atoms in total. The highest BCUT2D eigenvalue weighted by molar-refractivity contribution is 5.82. The largest absolute Gasteiger partial charge is 0.510 e. The molecule has 40 heavy (non-hydrogen) atoms. The van der Waals surface area contributed by atoms with Gasteiger partial charge in [0.05, 0.1) is 17.4 Å². The van der Waals surface area contributed by atoms with Crippen molar-refractivity contribution in [3.63, 3.8) is 0 Å². The van der Waals surface area contributed by atoms with E-state index in [9.17, 15) is 24.3 Å². The number of aliphatic carboxylic acids is 1. The van der Waals surface area contributed by atoms with E-state index < -0.39 is 46.7 Å². The first-order valence-electron chi connectivity index (χ1n) is 13.6. The lowest BCUT2D eigenvalue weighted by Gasteiger charge is -2.32. The number of ether oxygens (including phenoxy) is 4. The number of benzene rings is 1. The van der Waals surface area contributed by atoms with Crippen LogP contribution in [-0.2, 0) is 30.3 Å². The van der Waals surface area contributed by atoms with Gasteiger partial charge < -0.3 is 24.1 Å². The Balaban J connectivity index is 3.54. The summed E-state index contributed by atoms with van der Waals surface area (Å²) in [5, 5.41) is 13.0. The van der Waals surface area contributed by atoms with Gasteiger partial charge in [-0.2, -0.15) is 0 Å². The van der Waals surface area contributed by atoms with Crippen molar-refractivity contribution in [3.05, 3.63) is 23.8 Å². The minimum atomic E-state index is -2.20. The molecular formula is C30H47NO9. The van der Waals surface area contributed by atoms with Crippen LogP contribution in [0.3, 0.4) is 0 Å². The molecule has 0 amide bonds. The second-order valence-electron chi connectivity index (χ2n) is 12.8. The predicted octanol–water partition coefficient (Wildman–Crippen LogP) is 5.89. The third-order valence-electron chi connectivity index (χ3n) is 6.49. The molecule has 10 heteroatoms. The molecule has 0 bridgehead atoms. The van der Waals surface area contributed by atoms with Gasteiger partial charge >= 0.3 is 24.1 Å². The zero-order valence-electron chi connectivity index (χ0n) is 25.9. The first kappa shape index (κ1) is 34.9. The maximum absolute atomic E-state index is 12.9. The monoisotopic (exact) mass is 565 g/mol. The van der Waals surface area contributed by atoms with Gasteiger partial charge in [0.2, 0.25) is 0 Å². The summed E-state index contributed by atoms with van der Waals surface area (Å²) in [6.07, 6.45) is -0.475. The topological polar surface area (TPSA) is 137 Å². The van der Waals surface area contributed by atoms with Crippen LogP contribution in [-0.4, -0.2) is 47.5 Å². The molecular weight excluding hydrogens is 518 g/mol. The van der Waals surface area contributed by atoms with Gasteiger partial charge in [0.15, 0.2) is 11.5 Å². The summed E-state index contributed by atoms with van der Waals surface area (Å²) in [6, 6.07) is 3.97. The van der Waals surface area contributed by atoms with E-state index >= 15 is 0 Å². The van der Waals surface area contributed by atoms with E-state index in [1.165, 1.54) is 18.2 Å². The van der Waals surface area contributed by atoms with Crippen LogP contribution in [0.25, 0.3) is 0 Å². The molecule has 0 heterocycles. The zero-order chi connectivity index (χ0) is 31.1. The SMILES string of the molecule is CCC(C)(C)C(=O)Oc1ccc(C[C@](NC(C)C)(OC(=O)OCC(C)(C)C)C(=O)O)cc1OC(=O)C(C)(C)CC. The lowest BCUT2D eigenvalue weighted by Crippen LogP contribution is -2.59. The second-order valence-corrected chi connectivity index (χ2v) is 12.8. The predicted molar refractivity (Wildman–Crippen MR) is 150 cm³/mol. The van der Waals surface area contributed by atoms with E-state index in [1.54, 1.807) is 41.5 Å². The average molecular weight is 566 g/mol. The first-order chi connectivity index (χ1) is 18.2. The number of carbonyl (C=O) groups excluding carboxylic acids is 3. The van der Waals surface area contributed by atoms with Crippen molar-refractivity contribution in [2.75, 3.05) is 6.61 Å². The van der Waals surface area contributed by atoms with Gasteiger partial charge in [-0.15, -0.1) is 0 Å². The fraction of sp³-hybridized carbons (Fsp3) is 0.667. The van der Waals surface area contributed by atoms with E-state index in [0.29, 0.717) is 18.4 Å². The van der Waals surface area contributed by atoms with Crippen LogP contribution < -0.4 is 14.8 Å². The maximum atomic E-state index is 12.9. The molecule has 0 aromatic heterocycles. The number of carboxylic acids is 1. The number of hydrogen-bond acceptors (Lipinski definition) is 9. The molecule has 0 aliphatic heterocycles. The number of rotatable bonds is 13. The number of carbonyl (C=O) groups is 4. The highest BCUT2D eigenvalue weighted by Crippen LogP contribution is 2.35.